The molecule has 0 fully saturated rings. The van der Waals surface area contributed by atoms with Gasteiger partial charge >= 0.3 is 0 Å². The van der Waals surface area contributed by atoms with Gasteiger partial charge in [0.2, 0.25) is 10.0 Å². The molecule has 0 atom stereocenters. The van der Waals surface area contributed by atoms with Crippen molar-refractivity contribution in [2.75, 3.05) is 17.6 Å². The molecule has 0 aromatic heterocycles. The van der Waals surface area contributed by atoms with Crippen LogP contribution in [0.2, 0.25) is 0 Å². The summed E-state index contributed by atoms with van der Waals surface area (Å²) in [4.78, 5) is 0.221. The fraction of sp³-hybridized carbons (Fsp3) is 0.143. The zero-order valence-electron chi connectivity index (χ0n) is 11.1. The molecule has 4 N–H and O–H groups in total. The third kappa shape index (κ3) is 3.28. The summed E-state index contributed by atoms with van der Waals surface area (Å²) in [6.45, 7) is 2.09. The average Bonchev–Trinajstić information content (AvgIpc) is 2.42. The molecule has 0 saturated heterocycles. The maximum absolute atomic E-state index is 12.1. The van der Waals surface area contributed by atoms with Gasteiger partial charge in [-0.3, -0.25) is 0 Å². The number of para-hydroxylation sites is 1. The van der Waals surface area contributed by atoms with Crippen molar-refractivity contribution in [2.24, 2.45) is 0 Å². The lowest BCUT2D eigenvalue weighted by atomic mass is 10.2. The van der Waals surface area contributed by atoms with Gasteiger partial charge in [-0.1, -0.05) is 19.1 Å². The van der Waals surface area contributed by atoms with E-state index in [-0.39, 0.29) is 4.90 Å². The summed E-state index contributed by atoms with van der Waals surface area (Å²) in [5.74, 6) is 0. The molecule has 5 nitrogen and oxygen atoms in total. The van der Waals surface area contributed by atoms with Gasteiger partial charge < -0.3 is 11.1 Å². The molecule has 2 aromatic carbocycles. The predicted molar refractivity (Wildman–Crippen MR) is 81.4 cm³/mol. The van der Waals surface area contributed by atoms with Crippen LogP contribution < -0.4 is 15.8 Å². The molecule has 0 unspecified atom stereocenters. The first-order valence-corrected chi connectivity index (χ1v) is 7.72. The Hall–Kier alpha value is -2.05. The van der Waals surface area contributed by atoms with Gasteiger partial charge in [0.15, 0.2) is 0 Å². The van der Waals surface area contributed by atoms with Crippen molar-refractivity contribution in [3.8, 4) is 0 Å². The van der Waals surface area contributed by atoms with Crippen LogP contribution in [-0.2, 0) is 10.0 Å². The Morgan fingerprint density at radius 1 is 1.05 bits per heavy atom. The topological polar surface area (TPSA) is 84.2 Å². The van der Waals surface area contributed by atoms with Gasteiger partial charge in [0.25, 0.3) is 0 Å². The maximum Gasteiger partial charge on any atom is 0.242 e. The van der Waals surface area contributed by atoms with Crippen molar-refractivity contribution in [3.05, 3.63) is 48.5 Å². The Morgan fingerprint density at radius 2 is 1.70 bits per heavy atom. The normalized spacial score (nSPS) is 11.2. The fourth-order valence-electron chi connectivity index (χ4n) is 1.79. The third-order valence-electron chi connectivity index (χ3n) is 2.70. The van der Waals surface area contributed by atoms with E-state index in [1.54, 1.807) is 55.5 Å². The van der Waals surface area contributed by atoms with Crippen molar-refractivity contribution in [3.63, 3.8) is 0 Å². The van der Waals surface area contributed by atoms with Gasteiger partial charge in [0.05, 0.1) is 5.69 Å². The molecule has 0 aliphatic rings. The first-order chi connectivity index (χ1) is 9.53. The van der Waals surface area contributed by atoms with Gasteiger partial charge in [-0.05, 0) is 36.4 Å². The van der Waals surface area contributed by atoms with Crippen LogP contribution in [0, 0.1) is 0 Å². The summed E-state index contributed by atoms with van der Waals surface area (Å²) in [5.41, 5.74) is 7.58. The zero-order chi connectivity index (χ0) is 14.6. The zero-order valence-corrected chi connectivity index (χ0v) is 11.9. The molecule has 0 amide bonds. The van der Waals surface area contributed by atoms with Gasteiger partial charge in [-0.2, -0.15) is 0 Å². The molecule has 0 aliphatic heterocycles. The Kier molecular flexibility index (Phi) is 4.26. The quantitative estimate of drug-likeness (QED) is 0.738. The van der Waals surface area contributed by atoms with E-state index < -0.39 is 10.0 Å². The van der Waals surface area contributed by atoms with E-state index >= 15 is 0 Å². The molecule has 20 heavy (non-hydrogen) atoms. The molecular weight excluding hydrogens is 274 g/mol. The summed E-state index contributed by atoms with van der Waals surface area (Å²) >= 11 is 0. The van der Waals surface area contributed by atoms with Crippen molar-refractivity contribution in [2.45, 2.75) is 11.8 Å². The van der Waals surface area contributed by atoms with E-state index in [0.717, 1.165) is 5.69 Å². The van der Waals surface area contributed by atoms with E-state index in [1.165, 1.54) is 0 Å². The minimum absolute atomic E-state index is 0.221. The average molecular weight is 291 g/mol. The van der Waals surface area contributed by atoms with E-state index in [4.69, 9.17) is 5.73 Å². The van der Waals surface area contributed by atoms with Gasteiger partial charge in [0.1, 0.15) is 4.90 Å². The number of rotatable bonds is 5. The van der Waals surface area contributed by atoms with Gasteiger partial charge in [0, 0.05) is 17.9 Å². The van der Waals surface area contributed by atoms with E-state index in [9.17, 15) is 8.42 Å². The van der Waals surface area contributed by atoms with Crippen LogP contribution in [0.15, 0.2) is 53.4 Å². The van der Waals surface area contributed by atoms with Crippen LogP contribution in [0.4, 0.5) is 17.1 Å². The second-order valence-corrected chi connectivity index (χ2v) is 5.98. The summed E-state index contributed by atoms with van der Waals surface area (Å²) in [6.07, 6.45) is 0. The lowest BCUT2D eigenvalue weighted by Gasteiger charge is -2.12. The highest BCUT2D eigenvalue weighted by atomic mass is 32.2. The molecule has 0 bridgehead atoms. The lowest BCUT2D eigenvalue weighted by Crippen LogP contribution is -2.23. The number of hydrogen-bond acceptors (Lipinski definition) is 4. The minimum atomic E-state index is -3.51. The highest BCUT2D eigenvalue weighted by Crippen LogP contribution is 2.25. The van der Waals surface area contributed by atoms with E-state index in [0.29, 0.717) is 17.9 Å². The summed E-state index contributed by atoms with van der Waals surface area (Å²) in [7, 11) is -3.51. The smallest absolute Gasteiger partial charge is 0.242 e. The highest BCUT2D eigenvalue weighted by Gasteiger charge is 2.16. The standard InChI is InChI=1S/C14H17N3O2S/c1-2-16-20(18,19)14-6-4-3-5-13(14)17-12-9-7-11(15)8-10-12/h3-10,16-17H,2,15H2,1H3. The Bertz CT molecular complexity index is 682. The predicted octanol–water partition coefficient (Wildman–Crippen LogP) is 2.31. The molecule has 0 radical (unpaired) electrons. The largest absolute Gasteiger partial charge is 0.399 e. The highest BCUT2D eigenvalue weighted by molar-refractivity contribution is 7.89. The number of nitrogen functional groups attached to an aromatic ring is 1. The molecule has 2 aromatic rings. The molecule has 0 saturated carbocycles. The lowest BCUT2D eigenvalue weighted by molar-refractivity contribution is 0.584. The molecule has 2 rings (SSSR count). The van der Waals surface area contributed by atoms with Crippen molar-refractivity contribution in [1.82, 2.24) is 4.72 Å². The Balaban J connectivity index is 2.35. The summed E-state index contributed by atoms with van der Waals surface area (Å²) in [5, 5.41) is 3.09. The van der Waals surface area contributed by atoms with Crippen molar-refractivity contribution >= 4 is 27.1 Å². The van der Waals surface area contributed by atoms with Gasteiger partial charge in [-0.25, -0.2) is 13.1 Å². The summed E-state index contributed by atoms with van der Waals surface area (Å²) in [6, 6.07) is 13.9. The maximum atomic E-state index is 12.1. The first kappa shape index (κ1) is 14.4. The number of hydrogen-bond donors (Lipinski definition) is 3. The Labute approximate surface area is 118 Å². The first-order valence-electron chi connectivity index (χ1n) is 6.24. The van der Waals surface area contributed by atoms with Crippen LogP contribution in [0.5, 0.6) is 0 Å². The number of benzene rings is 2. The van der Waals surface area contributed by atoms with Crippen LogP contribution in [0.25, 0.3) is 0 Å². The van der Waals surface area contributed by atoms with Crippen LogP contribution in [0.1, 0.15) is 6.92 Å². The number of sulfonamides is 1. The second kappa shape index (κ2) is 5.94. The van der Waals surface area contributed by atoms with Crippen LogP contribution in [0.3, 0.4) is 0 Å². The SMILES string of the molecule is CCNS(=O)(=O)c1ccccc1Nc1ccc(N)cc1. The molecule has 0 spiro atoms. The van der Waals surface area contributed by atoms with E-state index in [2.05, 4.69) is 10.0 Å². The summed E-state index contributed by atoms with van der Waals surface area (Å²) < 4.78 is 26.7. The third-order valence-corrected chi connectivity index (χ3v) is 4.30. The van der Waals surface area contributed by atoms with Crippen molar-refractivity contribution < 1.29 is 8.42 Å². The molecular formula is C14H17N3O2S. The fourth-order valence-corrected chi connectivity index (χ4v) is 3.00. The van der Waals surface area contributed by atoms with Gasteiger partial charge in [-0.15, -0.1) is 0 Å². The number of anilines is 3. The second-order valence-electron chi connectivity index (χ2n) is 4.24. The monoisotopic (exact) mass is 291 g/mol. The van der Waals surface area contributed by atoms with Crippen LogP contribution in [-0.4, -0.2) is 15.0 Å². The minimum Gasteiger partial charge on any atom is -0.399 e. The molecule has 0 aliphatic carbocycles. The number of nitrogens with one attached hydrogen (secondary N) is 2. The molecule has 106 valence electrons. The molecule has 6 heteroatoms. The Morgan fingerprint density at radius 3 is 2.35 bits per heavy atom. The number of nitrogens with two attached hydrogens (primary N) is 1. The van der Waals surface area contributed by atoms with E-state index in [1.807, 2.05) is 0 Å². The van der Waals surface area contributed by atoms with Crippen LogP contribution >= 0.6 is 0 Å². The molecule has 0 heterocycles. The van der Waals surface area contributed by atoms with Crippen molar-refractivity contribution in [1.29, 1.82) is 0 Å².